The number of hydrogen-bond acceptors (Lipinski definition) is 5. The van der Waals surface area contributed by atoms with Gasteiger partial charge in [-0.3, -0.25) is 10.1 Å². The van der Waals surface area contributed by atoms with Crippen molar-refractivity contribution in [2.75, 3.05) is 6.61 Å². The highest BCUT2D eigenvalue weighted by atomic mass is 16.5. The van der Waals surface area contributed by atoms with Gasteiger partial charge in [0.05, 0.1) is 31.5 Å². The summed E-state index contributed by atoms with van der Waals surface area (Å²) in [5, 5.41) is 4.88. The molecule has 0 aliphatic carbocycles. The number of benzene rings is 1. The van der Waals surface area contributed by atoms with Crippen molar-refractivity contribution in [3.63, 3.8) is 0 Å². The van der Waals surface area contributed by atoms with E-state index in [4.69, 9.17) is 9.15 Å². The van der Waals surface area contributed by atoms with Gasteiger partial charge >= 0.3 is 12.0 Å². The predicted octanol–water partition coefficient (Wildman–Crippen LogP) is 2.05. The second-order valence-corrected chi connectivity index (χ2v) is 6.61. The van der Waals surface area contributed by atoms with E-state index in [1.54, 1.807) is 35.8 Å². The molecule has 0 spiro atoms. The molecule has 9 heteroatoms. The first-order valence-corrected chi connectivity index (χ1v) is 9.74. The van der Waals surface area contributed by atoms with Gasteiger partial charge in [-0.25, -0.2) is 18.7 Å². The molecule has 0 saturated heterocycles. The van der Waals surface area contributed by atoms with Crippen LogP contribution in [0, 0.1) is 6.92 Å². The maximum Gasteiger partial charge on any atom is 0.338 e. The first-order chi connectivity index (χ1) is 14.4. The number of nitrogens with zero attached hydrogens (tertiary/aromatic N) is 2. The number of urea groups is 1. The van der Waals surface area contributed by atoms with Gasteiger partial charge in [0.1, 0.15) is 5.76 Å². The third kappa shape index (κ3) is 4.51. The van der Waals surface area contributed by atoms with E-state index < -0.39 is 17.9 Å². The lowest BCUT2D eigenvalue weighted by Crippen LogP contribution is -2.41. The van der Waals surface area contributed by atoms with Crippen LogP contribution in [0.1, 0.15) is 35.8 Å². The molecule has 0 fully saturated rings. The minimum Gasteiger partial charge on any atom is -0.467 e. The van der Waals surface area contributed by atoms with Crippen molar-refractivity contribution >= 4 is 28.9 Å². The van der Waals surface area contributed by atoms with Crippen LogP contribution in [0.15, 0.2) is 41.0 Å². The molecule has 2 N–H and O–H groups in total. The lowest BCUT2D eigenvalue weighted by atomic mass is 10.2. The van der Waals surface area contributed by atoms with Crippen LogP contribution in [-0.4, -0.2) is 29.1 Å². The van der Waals surface area contributed by atoms with E-state index >= 15 is 0 Å². The van der Waals surface area contributed by atoms with Crippen molar-refractivity contribution in [3.05, 3.63) is 53.7 Å². The SMILES string of the molecule is CCOC(=O)c1ccc2c(c1)n(CC(=O)NC(=O)NCc1ccco1)c(C)[n+]2CC. The van der Waals surface area contributed by atoms with Crippen molar-refractivity contribution in [2.24, 2.45) is 0 Å². The van der Waals surface area contributed by atoms with Crippen molar-refractivity contribution < 1.29 is 28.1 Å². The average molecular weight is 413 g/mol. The molecule has 2 aromatic heterocycles. The Labute approximate surface area is 173 Å². The largest absolute Gasteiger partial charge is 0.467 e. The Hall–Kier alpha value is -3.62. The van der Waals surface area contributed by atoms with Gasteiger partial charge in [0.25, 0.3) is 11.7 Å². The summed E-state index contributed by atoms with van der Waals surface area (Å²) < 4.78 is 14.0. The van der Waals surface area contributed by atoms with Crippen LogP contribution in [0.5, 0.6) is 0 Å². The third-order valence-electron chi connectivity index (χ3n) is 4.72. The monoisotopic (exact) mass is 413 g/mol. The zero-order chi connectivity index (χ0) is 21.7. The maximum atomic E-state index is 12.5. The Balaban J connectivity index is 1.78. The first-order valence-electron chi connectivity index (χ1n) is 9.74. The quantitative estimate of drug-likeness (QED) is 0.455. The van der Waals surface area contributed by atoms with E-state index in [2.05, 4.69) is 10.6 Å². The summed E-state index contributed by atoms with van der Waals surface area (Å²) in [6.07, 6.45) is 1.51. The van der Waals surface area contributed by atoms with Crippen molar-refractivity contribution in [2.45, 2.75) is 40.4 Å². The molecule has 0 unspecified atom stereocenters. The van der Waals surface area contributed by atoms with Gasteiger partial charge in [-0.15, -0.1) is 0 Å². The molecule has 0 atom stereocenters. The number of rotatable bonds is 7. The number of imide groups is 1. The number of nitrogens with one attached hydrogen (secondary N) is 2. The fourth-order valence-corrected chi connectivity index (χ4v) is 3.34. The van der Waals surface area contributed by atoms with Crippen LogP contribution < -0.4 is 15.2 Å². The number of imidazole rings is 1. The second-order valence-electron chi connectivity index (χ2n) is 6.61. The van der Waals surface area contributed by atoms with Gasteiger partial charge in [0.15, 0.2) is 17.6 Å². The maximum absolute atomic E-state index is 12.5. The Morgan fingerprint density at radius 2 is 2.00 bits per heavy atom. The molecular weight excluding hydrogens is 388 g/mol. The van der Waals surface area contributed by atoms with E-state index in [1.165, 1.54) is 6.26 Å². The predicted molar refractivity (Wildman–Crippen MR) is 108 cm³/mol. The van der Waals surface area contributed by atoms with Gasteiger partial charge in [-0.05, 0) is 38.1 Å². The number of esters is 1. The number of furan rings is 1. The molecule has 1 aromatic carbocycles. The number of amides is 3. The Kier molecular flexibility index (Phi) is 6.51. The zero-order valence-corrected chi connectivity index (χ0v) is 17.2. The molecule has 2 heterocycles. The average Bonchev–Trinajstić information content (AvgIpc) is 3.33. The normalized spacial score (nSPS) is 10.8. The number of carbonyl (C=O) groups excluding carboxylic acids is 3. The van der Waals surface area contributed by atoms with E-state index in [1.807, 2.05) is 24.5 Å². The summed E-state index contributed by atoms with van der Waals surface area (Å²) in [5.41, 5.74) is 2.01. The number of ether oxygens (including phenoxy) is 1. The van der Waals surface area contributed by atoms with Gasteiger partial charge in [-0.2, -0.15) is 0 Å². The van der Waals surface area contributed by atoms with Gasteiger partial charge in [0.2, 0.25) is 0 Å². The fourth-order valence-electron chi connectivity index (χ4n) is 3.34. The smallest absolute Gasteiger partial charge is 0.338 e. The Morgan fingerprint density at radius 1 is 1.20 bits per heavy atom. The number of aryl methyl sites for hydroxylation is 1. The molecule has 0 radical (unpaired) electrons. The Morgan fingerprint density at radius 3 is 2.67 bits per heavy atom. The summed E-state index contributed by atoms with van der Waals surface area (Å²) in [6.45, 7) is 6.71. The van der Waals surface area contributed by atoms with Crippen LogP contribution in [0.25, 0.3) is 11.0 Å². The van der Waals surface area contributed by atoms with Gasteiger partial charge < -0.3 is 14.5 Å². The molecule has 0 saturated carbocycles. The van der Waals surface area contributed by atoms with E-state index in [0.29, 0.717) is 23.4 Å². The first kappa shape index (κ1) is 21.1. The summed E-state index contributed by atoms with van der Waals surface area (Å²) in [4.78, 5) is 36.6. The van der Waals surface area contributed by atoms with Crippen LogP contribution in [-0.2, 0) is 29.2 Å². The minimum absolute atomic E-state index is 0.0736. The van der Waals surface area contributed by atoms with Gasteiger partial charge in [0, 0.05) is 13.0 Å². The van der Waals surface area contributed by atoms with E-state index in [0.717, 1.165) is 11.3 Å². The molecule has 0 aliphatic heterocycles. The van der Waals surface area contributed by atoms with E-state index in [9.17, 15) is 14.4 Å². The van der Waals surface area contributed by atoms with Gasteiger partial charge in [-0.1, -0.05) is 0 Å². The standard InChI is InChI=1S/C21H24N4O5/c1-4-24-14(3)25(18-11-15(8-9-17(18)24)20(27)29-5-2)13-19(26)23-21(28)22-12-16-7-6-10-30-16/h6-11H,4-5,12-13H2,1-3H3,(H-,22,23,26,28)/p+1. The number of aromatic nitrogens is 2. The molecule has 0 aliphatic rings. The molecule has 3 aromatic rings. The van der Waals surface area contributed by atoms with Crippen molar-refractivity contribution in [1.29, 1.82) is 0 Å². The summed E-state index contributed by atoms with van der Waals surface area (Å²) in [7, 11) is 0. The molecule has 3 rings (SSSR count). The number of hydrogen-bond donors (Lipinski definition) is 2. The van der Waals surface area contributed by atoms with Crippen LogP contribution in [0.3, 0.4) is 0 Å². The molecule has 3 amide bonds. The summed E-state index contributed by atoms with van der Waals surface area (Å²) >= 11 is 0. The lowest BCUT2D eigenvalue weighted by molar-refractivity contribution is -0.674. The second kappa shape index (κ2) is 9.25. The number of fused-ring (bicyclic) bond motifs is 1. The summed E-state index contributed by atoms with van der Waals surface area (Å²) in [6, 6.07) is 8.08. The van der Waals surface area contributed by atoms with Crippen molar-refractivity contribution in [1.82, 2.24) is 15.2 Å². The summed E-state index contributed by atoms with van der Waals surface area (Å²) in [5.74, 6) is 0.520. The highest BCUT2D eigenvalue weighted by Crippen LogP contribution is 2.17. The third-order valence-corrected chi connectivity index (χ3v) is 4.72. The molecule has 9 nitrogen and oxygen atoms in total. The highest BCUT2D eigenvalue weighted by molar-refractivity contribution is 5.95. The van der Waals surface area contributed by atoms with Crippen LogP contribution >= 0.6 is 0 Å². The zero-order valence-electron chi connectivity index (χ0n) is 17.2. The van der Waals surface area contributed by atoms with Crippen LogP contribution in [0.4, 0.5) is 4.79 Å². The fraction of sp³-hybridized carbons (Fsp3) is 0.333. The number of carbonyl (C=O) groups is 3. The minimum atomic E-state index is -0.610. The molecule has 158 valence electrons. The molecule has 30 heavy (non-hydrogen) atoms. The topological polar surface area (TPSA) is 106 Å². The van der Waals surface area contributed by atoms with Crippen molar-refractivity contribution in [3.8, 4) is 0 Å². The molecular formula is C21H25N4O5+. The van der Waals surface area contributed by atoms with E-state index in [-0.39, 0.29) is 19.7 Å². The molecule has 0 bridgehead atoms. The lowest BCUT2D eigenvalue weighted by Gasteiger charge is -2.05. The Bertz CT molecular complexity index is 1070. The highest BCUT2D eigenvalue weighted by Gasteiger charge is 2.24. The van der Waals surface area contributed by atoms with Crippen LogP contribution in [0.2, 0.25) is 0 Å².